The minimum absolute atomic E-state index is 0.0921. The number of anilines is 1. The van der Waals surface area contributed by atoms with E-state index in [9.17, 15) is 9.18 Å². The number of hydrogen-bond acceptors (Lipinski definition) is 2. The average molecular weight is 349 g/mol. The van der Waals surface area contributed by atoms with Crippen LogP contribution in [0.1, 0.15) is 12.8 Å². The fourth-order valence-corrected chi connectivity index (χ4v) is 2.65. The van der Waals surface area contributed by atoms with Gasteiger partial charge in [-0.25, -0.2) is 4.39 Å². The van der Waals surface area contributed by atoms with Gasteiger partial charge in [0.15, 0.2) is 11.6 Å². The molecule has 0 aliphatic rings. The molecule has 0 aromatic heterocycles. The Balaban J connectivity index is 1.54. The van der Waals surface area contributed by atoms with Crippen molar-refractivity contribution in [3.63, 3.8) is 0 Å². The van der Waals surface area contributed by atoms with Crippen molar-refractivity contribution in [3.8, 4) is 16.9 Å². The summed E-state index contributed by atoms with van der Waals surface area (Å²) in [5.41, 5.74) is 2.80. The van der Waals surface area contributed by atoms with Gasteiger partial charge >= 0.3 is 0 Å². The van der Waals surface area contributed by atoms with E-state index in [1.165, 1.54) is 6.07 Å². The average Bonchev–Trinajstić information content (AvgIpc) is 2.68. The third kappa shape index (κ3) is 4.70. The number of amides is 1. The van der Waals surface area contributed by atoms with E-state index in [2.05, 4.69) is 5.32 Å². The van der Waals surface area contributed by atoms with E-state index in [1.807, 2.05) is 54.6 Å². The first-order chi connectivity index (χ1) is 12.7. The van der Waals surface area contributed by atoms with Crippen molar-refractivity contribution in [1.82, 2.24) is 0 Å². The Bertz CT molecular complexity index is 865. The molecule has 1 N–H and O–H groups in total. The normalized spacial score (nSPS) is 10.3. The van der Waals surface area contributed by atoms with Gasteiger partial charge in [0.2, 0.25) is 5.91 Å². The summed E-state index contributed by atoms with van der Waals surface area (Å²) in [6.45, 7) is 0.286. The first-order valence-electron chi connectivity index (χ1n) is 8.55. The Morgan fingerprint density at radius 2 is 1.58 bits per heavy atom. The molecule has 3 aromatic rings. The van der Waals surface area contributed by atoms with Gasteiger partial charge < -0.3 is 10.1 Å². The molecule has 4 heteroatoms. The molecule has 0 aliphatic carbocycles. The molecule has 0 saturated heterocycles. The van der Waals surface area contributed by atoms with E-state index >= 15 is 0 Å². The molecule has 3 aromatic carbocycles. The molecule has 3 nitrogen and oxygen atoms in total. The highest BCUT2D eigenvalue weighted by atomic mass is 19.1. The van der Waals surface area contributed by atoms with Gasteiger partial charge in [-0.15, -0.1) is 0 Å². The van der Waals surface area contributed by atoms with Gasteiger partial charge in [-0.1, -0.05) is 60.7 Å². The van der Waals surface area contributed by atoms with Crippen molar-refractivity contribution in [2.75, 3.05) is 11.9 Å². The van der Waals surface area contributed by atoms with Crippen LogP contribution < -0.4 is 10.1 Å². The van der Waals surface area contributed by atoms with E-state index < -0.39 is 5.82 Å². The van der Waals surface area contributed by atoms with Gasteiger partial charge in [-0.05, 0) is 30.2 Å². The van der Waals surface area contributed by atoms with Crippen LogP contribution in [0, 0.1) is 5.82 Å². The molecule has 0 bridgehead atoms. The zero-order valence-electron chi connectivity index (χ0n) is 14.3. The number of rotatable bonds is 7. The molecule has 1 amide bonds. The number of hydrogen-bond donors (Lipinski definition) is 1. The number of para-hydroxylation sites is 2. The zero-order chi connectivity index (χ0) is 18.2. The largest absolute Gasteiger partial charge is 0.491 e. The molecule has 0 atom stereocenters. The third-order valence-electron chi connectivity index (χ3n) is 3.93. The van der Waals surface area contributed by atoms with Crippen LogP contribution in [0.3, 0.4) is 0 Å². The minimum Gasteiger partial charge on any atom is -0.491 e. The Labute approximate surface area is 152 Å². The van der Waals surface area contributed by atoms with Crippen molar-refractivity contribution >= 4 is 11.6 Å². The van der Waals surface area contributed by atoms with Crippen molar-refractivity contribution in [2.24, 2.45) is 0 Å². The van der Waals surface area contributed by atoms with Gasteiger partial charge in [0.1, 0.15) is 0 Å². The summed E-state index contributed by atoms with van der Waals surface area (Å²) >= 11 is 0. The molecular weight excluding hydrogens is 329 g/mol. The standard InChI is InChI=1S/C22H20FNO2/c23-19-12-5-7-14-21(19)26-16-8-15-22(25)24-20-13-6-4-11-18(20)17-9-2-1-3-10-17/h1-7,9-14H,8,15-16H2,(H,24,25). The lowest BCUT2D eigenvalue weighted by Crippen LogP contribution is -2.13. The smallest absolute Gasteiger partial charge is 0.224 e. The Morgan fingerprint density at radius 1 is 0.885 bits per heavy atom. The van der Waals surface area contributed by atoms with E-state index in [1.54, 1.807) is 18.2 Å². The van der Waals surface area contributed by atoms with Crippen molar-refractivity contribution in [1.29, 1.82) is 0 Å². The van der Waals surface area contributed by atoms with Gasteiger partial charge in [0, 0.05) is 17.7 Å². The van der Waals surface area contributed by atoms with Crippen LogP contribution in [0.15, 0.2) is 78.9 Å². The predicted octanol–water partition coefficient (Wildman–Crippen LogP) is 5.29. The van der Waals surface area contributed by atoms with Crippen LogP contribution in [0.25, 0.3) is 11.1 Å². The van der Waals surface area contributed by atoms with Crippen molar-refractivity contribution < 1.29 is 13.9 Å². The minimum atomic E-state index is -0.395. The second kappa shape index (κ2) is 8.81. The van der Waals surface area contributed by atoms with Crippen LogP contribution in [0.5, 0.6) is 5.75 Å². The van der Waals surface area contributed by atoms with Crippen molar-refractivity contribution in [3.05, 3.63) is 84.7 Å². The van der Waals surface area contributed by atoms with Gasteiger partial charge in [-0.2, -0.15) is 0 Å². The quantitative estimate of drug-likeness (QED) is 0.589. The fraction of sp³-hybridized carbons (Fsp3) is 0.136. The Hall–Kier alpha value is -3.14. The van der Waals surface area contributed by atoms with Crippen LogP contribution in [0.4, 0.5) is 10.1 Å². The monoisotopic (exact) mass is 349 g/mol. The van der Waals surface area contributed by atoms with Gasteiger partial charge in [0.25, 0.3) is 0 Å². The number of benzene rings is 3. The highest BCUT2D eigenvalue weighted by Gasteiger charge is 2.08. The molecule has 0 radical (unpaired) electrons. The van der Waals surface area contributed by atoms with Crippen LogP contribution in [-0.4, -0.2) is 12.5 Å². The first kappa shape index (κ1) is 17.7. The maximum Gasteiger partial charge on any atom is 0.224 e. The molecule has 26 heavy (non-hydrogen) atoms. The zero-order valence-corrected chi connectivity index (χ0v) is 14.3. The van der Waals surface area contributed by atoms with Crippen LogP contribution in [-0.2, 0) is 4.79 Å². The van der Waals surface area contributed by atoms with E-state index in [-0.39, 0.29) is 18.3 Å². The molecule has 0 saturated carbocycles. The molecule has 0 unspecified atom stereocenters. The lowest BCUT2D eigenvalue weighted by Gasteiger charge is -2.11. The van der Waals surface area contributed by atoms with Gasteiger partial charge in [0.05, 0.1) is 6.61 Å². The summed E-state index contributed by atoms with van der Waals surface area (Å²) in [6.07, 6.45) is 0.811. The predicted molar refractivity (Wildman–Crippen MR) is 102 cm³/mol. The number of ether oxygens (including phenoxy) is 1. The molecule has 0 spiro atoms. The summed E-state index contributed by atoms with van der Waals surface area (Å²) in [5.74, 6) is -0.276. The maximum absolute atomic E-state index is 13.5. The Morgan fingerprint density at radius 3 is 2.38 bits per heavy atom. The SMILES string of the molecule is O=C(CCCOc1ccccc1F)Nc1ccccc1-c1ccccc1. The summed E-state index contributed by atoms with van der Waals surface area (Å²) in [5, 5.41) is 2.95. The van der Waals surface area contributed by atoms with E-state index in [0.717, 1.165) is 16.8 Å². The highest BCUT2D eigenvalue weighted by molar-refractivity contribution is 5.95. The summed E-state index contributed by atoms with van der Waals surface area (Å²) < 4.78 is 18.8. The first-order valence-corrected chi connectivity index (χ1v) is 8.55. The maximum atomic E-state index is 13.5. The number of nitrogens with one attached hydrogen (secondary N) is 1. The number of halogens is 1. The van der Waals surface area contributed by atoms with Crippen LogP contribution >= 0.6 is 0 Å². The molecule has 3 rings (SSSR count). The summed E-state index contributed by atoms with van der Waals surface area (Å²) in [6, 6.07) is 23.9. The number of carbonyl (C=O) groups excluding carboxylic acids is 1. The van der Waals surface area contributed by atoms with Crippen LogP contribution in [0.2, 0.25) is 0 Å². The molecule has 132 valence electrons. The molecular formula is C22H20FNO2. The Kier molecular flexibility index (Phi) is 5.99. The third-order valence-corrected chi connectivity index (χ3v) is 3.93. The molecule has 0 heterocycles. The van der Waals surface area contributed by atoms with Gasteiger partial charge in [-0.3, -0.25) is 4.79 Å². The van der Waals surface area contributed by atoms with E-state index in [0.29, 0.717) is 12.8 Å². The second-order valence-electron chi connectivity index (χ2n) is 5.84. The lowest BCUT2D eigenvalue weighted by atomic mass is 10.0. The van der Waals surface area contributed by atoms with E-state index in [4.69, 9.17) is 4.74 Å². The second-order valence-corrected chi connectivity index (χ2v) is 5.84. The lowest BCUT2D eigenvalue weighted by molar-refractivity contribution is -0.116. The topological polar surface area (TPSA) is 38.3 Å². The summed E-state index contributed by atoms with van der Waals surface area (Å²) in [4.78, 5) is 12.2. The molecule has 0 fully saturated rings. The van der Waals surface area contributed by atoms with Crippen molar-refractivity contribution in [2.45, 2.75) is 12.8 Å². The number of carbonyl (C=O) groups is 1. The fourth-order valence-electron chi connectivity index (χ4n) is 2.65. The summed E-state index contributed by atoms with van der Waals surface area (Å²) in [7, 11) is 0. The highest BCUT2D eigenvalue weighted by Crippen LogP contribution is 2.27. The molecule has 0 aliphatic heterocycles.